The van der Waals surface area contributed by atoms with Gasteiger partial charge in [-0.15, -0.1) is 0 Å². The van der Waals surface area contributed by atoms with Gasteiger partial charge < -0.3 is 16.0 Å². The molecule has 0 amide bonds. The molecule has 2 unspecified atom stereocenters. The molecule has 2 atom stereocenters. The fourth-order valence-corrected chi connectivity index (χ4v) is 3.60. The van der Waals surface area contributed by atoms with Gasteiger partial charge in [-0.1, -0.05) is 0 Å². The van der Waals surface area contributed by atoms with Crippen molar-refractivity contribution < 1.29 is 0 Å². The first kappa shape index (κ1) is 14.2. The Kier molecular flexibility index (Phi) is 3.75. The van der Waals surface area contributed by atoms with E-state index in [1.807, 2.05) is 6.92 Å². The lowest BCUT2D eigenvalue weighted by atomic mass is 9.97. The van der Waals surface area contributed by atoms with Gasteiger partial charge in [0.25, 0.3) is 5.56 Å². The number of aromatic amines is 1. The molecule has 0 aromatic carbocycles. The lowest BCUT2D eigenvalue weighted by Gasteiger charge is -2.35. The summed E-state index contributed by atoms with van der Waals surface area (Å²) in [6, 6.07) is 0.865. The van der Waals surface area contributed by atoms with Gasteiger partial charge in [-0.25, -0.2) is 4.79 Å². The summed E-state index contributed by atoms with van der Waals surface area (Å²) in [5.41, 5.74) is 5.46. The number of nitrogen functional groups attached to an aromatic ring is 1. The predicted molar refractivity (Wildman–Crippen MR) is 82.6 cm³/mol. The van der Waals surface area contributed by atoms with Gasteiger partial charge in [-0.2, -0.15) is 0 Å². The van der Waals surface area contributed by atoms with E-state index in [0.29, 0.717) is 18.3 Å². The number of fused-ring (bicyclic) bond motifs is 1. The van der Waals surface area contributed by atoms with E-state index in [-0.39, 0.29) is 11.9 Å². The minimum Gasteiger partial charge on any atom is -0.383 e. The highest BCUT2D eigenvalue weighted by atomic mass is 16.2. The number of nitrogens with one attached hydrogen (secondary N) is 2. The van der Waals surface area contributed by atoms with Crippen molar-refractivity contribution in [3.8, 4) is 0 Å². The molecule has 0 bridgehead atoms. The van der Waals surface area contributed by atoms with Crippen LogP contribution < -0.4 is 22.3 Å². The predicted octanol–water partition coefficient (Wildman–Crippen LogP) is 0.177. The molecule has 116 valence electrons. The quantitative estimate of drug-likeness (QED) is 0.738. The van der Waals surface area contributed by atoms with Crippen LogP contribution in [0.1, 0.15) is 32.6 Å². The van der Waals surface area contributed by atoms with E-state index in [0.717, 1.165) is 19.4 Å². The summed E-state index contributed by atoms with van der Waals surface area (Å²) >= 11 is 0. The number of nitrogens with two attached hydrogens (primary N) is 1. The number of rotatable bonds is 3. The van der Waals surface area contributed by atoms with Crippen LogP contribution in [0.2, 0.25) is 0 Å². The molecule has 1 aromatic rings. The largest absolute Gasteiger partial charge is 0.383 e. The van der Waals surface area contributed by atoms with Crippen LogP contribution in [0.15, 0.2) is 9.59 Å². The van der Waals surface area contributed by atoms with Crippen molar-refractivity contribution in [2.45, 2.75) is 51.2 Å². The maximum Gasteiger partial charge on any atom is 0.330 e. The van der Waals surface area contributed by atoms with Gasteiger partial charge in [-0.05, 0) is 39.2 Å². The molecule has 0 spiro atoms. The van der Waals surface area contributed by atoms with Crippen LogP contribution in [0.5, 0.6) is 0 Å². The molecule has 2 fully saturated rings. The highest BCUT2D eigenvalue weighted by Crippen LogP contribution is 2.28. The molecule has 0 aliphatic carbocycles. The minimum absolute atomic E-state index is 0.236. The smallest absolute Gasteiger partial charge is 0.330 e. The Morgan fingerprint density at radius 1 is 1.33 bits per heavy atom. The van der Waals surface area contributed by atoms with E-state index < -0.39 is 11.2 Å². The van der Waals surface area contributed by atoms with Crippen molar-refractivity contribution in [3.63, 3.8) is 0 Å². The first-order valence-corrected chi connectivity index (χ1v) is 7.73. The summed E-state index contributed by atoms with van der Waals surface area (Å²) in [5.74, 6) is 0.236. The molecule has 7 heteroatoms. The average Bonchev–Trinajstić information content (AvgIpc) is 2.91. The van der Waals surface area contributed by atoms with Crippen LogP contribution in [0.4, 0.5) is 11.5 Å². The van der Waals surface area contributed by atoms with Crippen LogP contribution in [0.3, 0.4) is 0 Å². The maximum atomic E-state index is 12.0. The monoisotopic (exact) mass is 293 g/mol. The molecule has 4 N–H and O–H groups in total. The Morgan fingerprint density at radius 3 is 2.90 bits per heavy atom. The first-order chi connectivity index (χ1) is 10.1. The van der Waals surface area contributed by atoms with Gasteiger partial charge in [0.2, 0.25) is 0 Å². The van der Waals surface area contributed by atoms with Gasteiger partial charge in [0.1, 0.15) is 11.5 Å². The van der Waals surface area contributed by atoms with Gasteiger partial charge in [0.05, 0.1) is 0 Å². The standard InChI is InChI=1S/C14H23N5O2/c1-2-19-12(15)11(13(20)17-14(19)21)16-9-5-7-18-6-3-4-10(18)8-9/h9-10,16H,2-8,15H2,1H3,(H,17,20,21). The average molecular weight is 293 g/mol. The second-order valence-corrected chi connectivity index (χ2v) is 5.96. The number of aromatic nitrogens is 2. The molecular formula is C14H23N5O2. The maximum absolute atomic E-state index is 12.0. The summed E-state index contributed by atoms with van der Waals surface area (Å²) in [4.78, 5) is 28.5. The van der Waals surface area contributed by atoms with E-state index in [4.69, 9.17) is 5.73 Å². The molecule has 1 aromatic heterocycles. The zero-order chi connectivity index (χ0) is 15.0. The number of piperidine rings is 1. The molecule has 3 heterocycles. The normalized spacial score (nSPS) is 25.8. The fourth-order valence-electron chi connectivity index (χ4n) is 3.60. The number of H-pyrrole nitrogens is 1. The van der Waals surface area contributed by atoms with Crippen LogP contribution in [0.25, 0.3) is 0 Å². The van der Waals surface area contributed by atoms with Crippen molar-refractivity contribution in [2.24, 2.45) is 0 Å². The fraction of sp³-hybridized carbons (Fsp3) is 0.714. The molecule has 3 rings (SSSR count). The van der Waals surface area contributed by atoms with Crippen molar-refractivity contribution >= 4 is 11.5 Å². The van der Waals surface area contributed by atoms with Gasteiger partial charge in [-0.3, -0.25) is 14.3 Å². The number of anilines is 2. The van der Waals surface area contributed by atoms with Crippen LogP contribution >= 0.6 is 0 Å². The summed E-state index contributed by atoms with van der Waals surface area (Å²) in [7, 11) is 0. The van der Waals surface area contributed by atoms with Gasteiger partial charge in [0, 0.05) is 25.2 Å². The van der Waals surface area contributed by atoms with E-state index in [9.17, 15) is 9.59 Å². The number of hydrogen-bond acceptors (Lipinski definition) is 5. The Labute approximate surface area is 123 Å². The molecule has 2 aliphatic heterocycles. The third-order valence-corrected chi connectivity index (χ3v) is 4.72. The zero-order valence-corrected chi connectivity index (χ0v) is 12.4. The Bertz CT molecular complexity index is 635. The van der Waals surface area contributed by atoms with Gasteiger partial charge >= 0.3 is 5.69 Å². The Balaban J connectivity index is 1.82. The first-order valence-electron chi connectivity index (χ1n) is 7.73. The molecule has 7 nitrogen and oxygen atoms in total. The van der Waals surface area contributed by atoms with E-state index in [2.05, 4.69) is 15.2 Å². The summed E-state index contributed by atoms with van der Waals surface area (Å²) < 4.78 is 1.38. The van der Waals surface area contributed by atoms with Gasteiger partial charge in [0.15, 0.2) is 0 Å². The Hall–Kier alpha value is -1.76. The summed E-state index contributed by atoms with van der Waals surface area (Å²) in [6.07, 6.45) is 4.53. The van der Waals surface area contributed by atoms with E-state index >= 15 is 0 Å². The van der Waals surface area contributed by atoms with Crippen LogP contribution in [0, 0.1) is 0 Å². The van der Waals surface area contributed by atoms with Crippen molar-refractivity contribution in [1.82, 2.24) is 14.5 Å². The second kappa shape index (κ2) is 5.55. The lowest BCUT2D eigenvalue weighted by molar-refractivity contribution is 0.188. The zero-order valence-electron chi connectivity index (χ0n) is 12.4. The van der Waals surface area contributed by atoms with E-state index in [1.165, 1.54) is 24.0 Å². The highest BCUT2D eigenvalue weighted by molar-refractivity contribution is 5.60. The topological polar surface area (TPSA) is 96.2 Å². The summed E-state index contributed by atoms with van der Waals surface area (Å²) in [5, 5.41) is 3.28. The molecule has 2 aliphatic rings. The van der Waals surface area contributed by atoms with Crippen molar-refractivity contribution in [1.29, 1.82) is 0 Å². The van der Waals surface area contributed by atoms with Crippen LogP contribution in [-0.2, 0) is 6.54 Å². The van der Waals surface area contributed by atoms with Crippen LogP contribution in [-0.4, -0.2) is 39.6 Å². The lowest BCUT2D eigenvalue weighted by Crippen LogP contribution is -2.44. The molecule has 0 radical (unpaired) electrons. The van der Waals surface area contributed by atoms with Crippen molar-refractivity contribution in [2.75, 3.05) is 24.1 Å². The molecular weight excluding hydrogens is 270 g/mol. The molecule has 21 heavy (non-hydrogen) atoms. The Morgan fingerprint density at radius 2 is 2.14 bits per heavy atom. The second-order valence-electron chi connectivity index (χ2n) is 5.96. The molecule has 0 saturated carbocycles. The SMILES string of the molecule is CCn1c(N)c(NC2CCN3CCCC3C2)c(=O)[nH]c1=O. The number of nitrogens with zero attached hydrogens (tertiary/aromatic N) is 2. The minimum atomic E-state index is -0.448. The van der Waals surface area contributed by atoms with Crippen molar-refractivity contribution in [3.05, 3.63) is 20.8 Å². The number of hydrogen-bond donors (Lipinski definition) is 3. The molecule has 2 saturated heterocycles. The third-order valence-electron chi connectivity index (χ3n) is 4.72. The van der Waals surface area contributed by atoms with E-state index in [1.54, 1.807) is 0 Å². The summed E-state index contributed by atoms with van der Waals surface area (Å²) in [6.45, 7) is 4.53. The highest BCUT2D eigenvalue weighted by Gasteiger charge is 2.32. The third kappa shape index (κ3) is 2.57.